The normalized spacial score (nSPS) is 19.4. The van der Waals surface area contributed by atoms with Crippen molar-refractivity contribution in [3.8, 4) is 5.69 Å². The van der Waals surface area contributed by atoms with E-state index in [0.717, 1.165) is 37.1 Å². The van der Waals surface area contributed by atoms with Gasteiger partial charge in [0.1, 0.15) is 12.9 Å². The van der Waals surface area contributed by atoms with E-state index in [4.69, 9.17) is 4.99 Å². The lowest BCUT2D eigenvalue weighted by Crippen LogP contribution is -2.41. The summed E-state index contributed by atoms with van der Waals surface area (Å²) < 4.78 is 2.01. The minimum Gasteiger partial charge on any atom is -0.357 e. The number of benzene rings is 1. The quantitative estimate of drug-likeness (QED) is 0.679. The van der Waals surface area contributed by atoms with E-state index in [1.54, 1.807) is 6.33 Å². The smallest absolute Gasteiger partial charge is 0.194 e. The molecule has 138 valence electrons. The predicted molar refractivity (Wildman–Crippen MR) is 103 cm³/mol. The van der Waals surface area contributed by atoms with Gasteiger partial charge in [-0.05, 0) is 43.7 Å². The van der Waals surface area contributed by atoms with Crippen LogP contribution in [0.15, 0.2) is 41.7 Å². The third-order valence-corrected chi connectivity index (χ3v) is 5.76. The number of aliphatic imine (C=N–C) groups is 1. The third-order valence-electron chi connectivity index (χ3n) is 5.76. The summed E-state index contributed by atoms with van der Waals surface area (Å²) in [5.74, 6) is 1.88. The van der Waals surface area contributed by atoms with E-state index in [9.17, 15) is 0 Å². The fourth-order valence-electron chi connectivity index (χ4n) is 4.39. The van der Waals surface area contributed by atoms with E-state index in [2.05, 4.69) is 39.5 Å². The molecule has 1 spiro atoms. The van der Waals surface area contributed by atoms with Crippen molar-refractivity contribution in [2.75, 3.05) is 19.6 Å². The molecule has 0 bridgehead atoms. The number of hydrogen-bond donors (Lipinski definition) is 1. The fraction of sp³-hybridized carbons (Fsp3) is 0.550. The largest absolute Gasteiger partial charge is 0.357 e. The topological polar surface area (TPSA) is 58.3 Å². The maximum atomic E-state index is 4.89. The molecule has 2 aromatic rings. The Hall–Kier alpha value is -2.37. The van der Waals surface area contributed by atoms with Gasteiger partial charge in [0.15, 0.2) is 11.8 Å². The Labute approximate surface area is 155 Å². The van der Waals surface area contributed by atoms with Crippen LogP contribution in [0.3, 0.4) is 0 Å². The number of hydrogen-bond acceptors (Lipinski definition) is 3. The average Bonchev–Trinajstić information content (AvgIpc) is 3.42. The van der Waals surface area contributed by atoms with Crippen molar-refractivity contribution in [1.82, 2.24) is 25.0 Å². The standard InChI is InChI=1S/C20H28N6/c1-2-21-19(25-13-12-20(15-25)10-6-7-11-20)22-14-18-24-23-16-26(18)17-8-4-3-5-9-17/h3-5,8-9,16H,2,6-7,10-15H2,1H3,(H,21,22). The minimum atomic E-state index is 0.528. The summed E-state index contributed by atoms with van der Waals surface area (Å²) >= 11 is 0. The zero-order valence-corrected chi connectivity index (χ0v) is 15.6. The molecule has 1 aliphatic carbocycles. The van der Waals surface area contributed by atoms with Crippen molar-refractivity contribution < 1.29 is 0 Å². The Bertz CT molecular complexity index is 745. The van der Waals surface area contributed by atoms with E-state index in [1.807, 2.05) is 22.8 Å². The van der Waals surface area contributed by atoms with Crippen LogP contribution in [0, 0.1) is 5.41 Å². The van der Waals surface area contributed by atoms with Crippen LogP contribution < -0.4 is 5.32 Å². The molecule has 2 fully saturated rings. The molecular weight excluding hydrogens is 324 g/mol. The molecule has 0 amide bonds. The number of nitrogens with zero attached hydrogens (tertiary/aromatic N) is 5. The molecule has 1 aromatic heterocycles. The van der Waals surface area contributed by atoms with Crippen LogP contribution in [0.4, 0.5) is 0 Å². The highest BCUT2D eigenvalue weighted by Gasteiger charge is 2.41. The summed E-state index contributed by atoms with van der Waals surface area (Å²) in [5, 5.41) is 11.8. The highest BCUT2D eigenvalue weighted by Crippen LogP contribution is 2.45. The first-order valence-corrected chi connectivity index (χ1v) is 9.77. The Balaban J connectivity index is 1.50. The van der Waals surface area contributed by atoms with Crippen LogP contribution in [-0.4, -0.2) is 45.3 Å². The summed E-state index contributed by atoms with van der Waals surface area (Å²) in [4.78, 5) is 7.33. The van der Waals surface area contributed by atoms with Gasteiger partial charge in [0.2, 0.25) is 0 Å². The SMILES string of the molecule is CCNC(=NCc1nncn1-c1ccccc1)N1CCC2(CCCC2)C1. The maximum Gasteiger partial charge on any atom is 0.194 e. The second kappa shape index (κ2) is 7.48. The fourth-order valence-corrected chi connectivity index (χ4v) is 4.39. The number of likely N-dealkylation sites (tertiary alicyclic amines) is 1. The van der Waals surface area contributed by atoms with Crippen molar-refractivity contribution in [2.24, 2.45) is 10.4 Å². The second-order valence-electron chi connectivity index (χ2n) is 7.50. The number of para-hydroxylation sites is 1. The Kier molecular flexibility index (Phi) is 4.91. The van der Waals surface area contributed by atoms with Crippen LogP contribution in [-0.2, 0) is 6.54 Å². The monoisotopic (exact) mass is 352 g/mol. The number of aromatic nitrogens is 3. The molecule has 1 saturated heterocycles. The molecule has 2 heterocycles. The van der Waals surface area contributed by atoms with Gasteiger partial charge in [0.05, 0.1) is 0 Å². The molecule has 1 N–H and O–H groups in total. The number of guanidine groups is 1. The lowest BCUT2D eigenvalue weighted by Gasteiger charge is -2.25. The summed E-state index contributed by atoms with van der Waals surface area (Å²) in [6, 6.07) is 10.2. The molecule has 4 rings (SSSR count). The molecule has 6 nitrogen and oxygen atoms in total. The Morgan fingerprint density at radius 2 is 2.00 bits per heavy atom. The second-order valence-corrected chi connectivity index (χ2v) is 7.50. The van der Waals surface area contributed by atoms with Crippen molar-refractivity contribution in [1.29, 1.82) is 0 Å². The van der Waals surface area contributed by atoms with Crippen molar-refractivity contribution in [2.45, 2.75) is 45.6 Å². The van der Waals surface area contributed by atoms with Crippen molar-refractivity contribution in [3.63, 3.8) is 0 Å². The summed E-state index contributed by atoms with van der Waals surface area (Å²) in [6.07, 6.45) is 8.61. The van der Waals surface area contributed by atoms with Gasteiger partial charge < -0.3 is 10.2 Å². The first-order valence-electron chi connectivity index (χ1n) is 9.77. The molecule has 1 aliphatic heterocycles. The zero-order chi connectivity index (χ0) is 17.8. The predicted octanol–water partition coefficient (Wildman–Crippen LogP) is 3.00. The van der Waals surface area contributed by atoms with E-state index >= 15 is 0 Å². The van der Waals surface area contributed by atoms with Gasteiger partial charge in [-0.2, -0.15) is 0 Å². The van der Waals surface area contributed by atoms with Crippen molar-refractivity contribution >= 4 is 5.96 Å². The van der Waals surface area contributed by atoms with Gasteiger partial charge in [-0.1, -0.05) is 31.0 Å². The van der Waals surface area contributed by atoms with Crippen LogP contribution in [0.2, 0.25) is 0 Å². The van der Waals surface area contributed by atoms with Gasteiger partial charge in [-0.25, -0.2) is 4.99 Å². The highest BCUT2D eigenvalue weighted by molar-refractivity contribution is 5.80. The highest BCUT2D eigenvalue weighted by atomic mass is 15.3. The Morgan fingerprint density at radius 3 is 2.77 bits per heavy atom. The van der Waals surface area contributed by atoms with Crippen LogP contribution in [0.1, 0.15) is 44.9 Å². The molecule has 0 atom stereocenters. The first kappa shape index (κ1) is 17.1. The maximum absolute atomic E-state index is 4.89. The van der Waals surface area contributed by atoms with E-state index in [-0.39, 0.29) is 0 Å². The molecule has 6 heteroatoms. The van der Waals surface area contributed by atoms with Crippen LogP contribution in [0.25, 0.3) is 5.69 Å². The minimum absolute atomic E-state index is 0.528. The Morgan fingerprint density at radius 1 is 1.19 bits per heavy atom. The third kappa shape index (κ3) is 3.45. The molecule has 2 aliphatic rings. The first-order chi connectivity index (χ1) is 12.8. The van der Waals surface area contributed by atoms with E-state index in [0.29, 0.717) is 12.0 Å². The van der Waals surface area contributed by atoms with Crippen LogP contribution in [0.5, 0.6) is 0 Å². The zero-order valence-electron chi connectivity index (χ0n) is 15.6. The van der Waals surface area contributed by atoms with Gasteiger partial charge in [-0.15, -0.1) is 10.2 Å². The van der Waals surface area contributed by atoms with E-state index in [1.165, 1.54) is 32.1 Å². The molecule has 0 radical (unpaired) electrons. The summed E-state index contributed by atoms with van der Waals surface area (Å²) in [7, 11) is 0. The molecule has 0 unspecified atom stereocenters. The molecule has 1 saturated carbocycles. The van der Waals surface area contributed by atoms with Crippen LogP contribution >= 0.6 is 0 Å². The molecule has 1 aromatic carbocycles. The summed E-state index contributed by atoms with van der Waals surface area (Å²) in [5.41, 5.74) is 1.61. The van der Waals surface area contributed by atoms with Gasteiger partial charge in [-0.3, -0.25) is 4.57 Å². The molecular formula is C20H28N6. The lowest BCUT2D eigenvalue weighted by molar-refractivity contribution is 0.309. The van der Waals surface area contributed by atoms with E-state index < -0.39 is 0 Å². The van der Waals surface area contributed by atoms with Crippen molar-refractivity contribution in [3.05, 3.63) is 42.5 Å². The number of nitrogens with one attached hydrogen (secondary N) is 1. The molecule has 26 heavy (non-hydrogen) atoms. The lowest BCUT2D eigenvalue weighted by atomic mass is 9.86. The van der Waals surface area contributed by atoms with Gasteiger partial charge in [0.25, 0.3) is 0 Å². The van der Waals surface area contributed by atoms with Gasteiger partial charge in [0, 0.05) is 25.3 Å². The summed E-state index contributed by atoms with van der Waals surface area (Å²) in [6.45, 7) is 5.79. The average molecular weight is 352 g/mol. The number of rotatable bonds is 4. The van der Waals surface area contributed by atoms with Gasteiger partial charge >= 0.3 is 0 Å².